The lowest BCUT2D eigenvalue weighted by Gasteiger charge is -2.25. The molecule has 0 unspecified atom stereocenters. The Morgan fingerprint density at radius 3 is 2.61 bits per heavy atom. The van der Waals surface area contributed by atoms with E-state index < -0.39 is 38.7 Å². The SMILES string of the molecule is CCOC(=O)C1=C2C(=O)CCN2CC=C1OS(=O)(=O)C(F)(F)F. The standard InChI is InChI=1S/C12H12F3NO6S/c1-2-21-11(18)9-8(22-23(19,20)12(13,14)15)4-6-16-5-3-7(17)10(9)16/h4H,2-3,5-6H2,1H3. The first-order valence-electron chi connectivity index (χ1n) is 6.49. The minimum Gasteiger partial charge on any atom is -0.462 e. The summed E-state index contributed by atoms with van der Waals surface area (Å²) in [6, 6.07) is 0. The molecule has 0 atom stereocenters. The third-order valence-electron chi connectivity index (χ3n) is 3.13. The van der Waals surface area contributed by atoms with E-state index in [1.165, 1.54) is 11.8 Å². The Morgan fingerprint density at radius 2 is 2.04 bits per heavy atom. The van der Waals surface area contributed by atoms with Crippen LogP contribution in [0.25, 0.3) is 0 Å². The summed E-state index contributed by atoms with van der Waals surface area (Å²) in [5.74, 6) is -2.46. The van der Waals surface area contributed by atoms with Crippen molar-refractivity contribution in [2.45, 2.75) is 18.9 Å². The maximum atomic E-state index is 12.5. The second-order valence-corrected chi connectivity index (χ2v) is 6.15. The van der Waals surface area contributed by atoms with Crippen molar-refractivity contribution < 1.29 is 40.1 Å². The number of ether oxygens (including phenoxy) is 1. The molecule has 7 nitrogen and oxygen atoms in total. The molecule has 2 rings (SSSR count). The monoisotopic (exact) mass is 355 g/mol. The first kappa shape index (κ1) is 17.3. The summed E-state index contributed by atoms with van der Waals surface area (Å²) in [7, 11) is -5.96. The van der Waals surface area contributed by atoms with Crippen LogP contribution in [-0.4, -0.2) is 50.3 Å². The Hall–Kier alpha value is -2.04. The number of Topliss-reactive ketones (excluding diaryl/α,β-unsaturated/α-hetero) is 1. The Bertz CT molecular complexity index is 707. The predicted octanol–water partition coefficient (Wildman–Crippen LogP) is 0.842. The zero-order valence-corrected chi connectivity index (χ0v) is 12.7. The highest BCUT2D eigenvalue weighted by Crippen LogP contribution is 2.34. The average Bonchev–Trinajstić information content (AvgIpc) is 2.79. The molecule has 2 aliphatic heterocycles. The van der Waals surface area contributed by atoms with Crippen LogP contribution >= 0.6 is 0 Å². The van der Waals surface area contributed by atoms with Gasteiger partial charge in [0.15, 0.2) is 11.5 Å². The van der Waals surface area contributed by atoms with E-state index in [4.69, 9.17) is 4.74 Å². The van der Waals surface area contributed by atoms with Crippen LogP contribution in [0.15, 0.2) is 23.1 Å². The average molecular weight is 355 g/mol. The lowest BCUT2D eigenvalue weighted by Crippen LogP contribution is -2.32. The molecule has 23 heavy (non-hydrogen) atoms. The zero-order chi connectivity index (χ0) is 17.4. The fraction of sp³-hybridized carbons (Fsp3) is 0.500. The second kappa shape index (κ2) is 5.87. The lowest BCUT2D eigenvalue weighted by molar-refractivity contribution is -0.139. The van der Waals surface area contributed by atoms with Crippen molar-refractivity contribution in [1.29, 1.82) is 0 Å². The van der Waals surface area contributed by atoms with Gasteiger partial charge in [-0.05, 0) is 13.0 Å². The van der Waals surface area contributed by atoms with Gasteiger partial charge < -0.3 is 13.8 Å². The van der Waals surface area contributed by atoms with Gasteiger partial charge >= 0.3 is 21.6 Å². The summed E-state index contributed by atoms with van der Waals surface area (Å²) < 4.78 is 68.4. The molecule has 0 aromatic heterocycles. The topological polar surface area (TPSA) is 90.0 Å². The molecule has 2 heterocycles. The Morgan fingerprint density at radius 1 is 1.39 bits per heavy atom. The molecule has 1 saturated heterocycles. The summed E-state index contributed by atoms with van der Waals surface area (Å²) in [4.78, 5) is 25.3. The molecule has 0 saturated carbocycles. The minimum absolute atomic E-state index is 0.0489. The van der Waals surface area contributed by atoms with Gasteiger partial charge in [0.1, 0.15) is 5.57 Å². The Labute approximate surface area is 129 Å². The Kier molecular flexibility index (Phi) is 4.42. The van der Waals surface area contributed by atoms with Crippen LogP contribution in [0.5, 0.6) is 0 Å². The number of nitrogens with zero attached hydrogens (tertiary/aromatic N) is 1. The van der Waals surface area contributed by atoms with Crippen molar-refractivity contribution in [3.63, 3.8) is 0 Å². The maximum absolute atomic E-state index is 12.5. The molecule has 0 amide bonds. The number of ketones is 1. The summed E-state index contributed by atoms with van der Waals surface area (Å²) in [5.41, 5.74) is -6.44. The summed E-state index contributed by atoms with van der Waals surface area (Å²) >= 11 is 0. The first-order valence-corrected chi connectivity index (χ1v) is 7.90. The minimum atomic E-state index is -5.96. The molecule has 128 valence electrons. The molecule has 0 aliphatic carbocycles. The highest BCUT2D eigenvalue weighted by molar-refractivity contribution is 7.87. The van der Waals surface area contributed by atoms with E-state index in [0.29, 0.717) is 0 Å². The van der Waals surface area contributed by atoms with Gasteiger partial charge in [0.2, 0.25) is 0 Å². The number of carbonyl (C=O) groups excluding carboxylic acids is 2. The molecule has 0 aromatic rings. The van der Waals surface area contributed by atoms with Gasteiger partial charge in [-0.25, -0.2) is 4.79 Å². The summed E-state index contributed by atoms with van der Waals surface area (Å²) in [6.07, 6.45) is 1.06. The first-order chi connectivity index (χ1) is 10.6. The van der Waals surface area contributed by atoms with Gasteiger partial charge in [-0.1, -0.05) is 0 Å². The molecule has 2 aliphatic rings. The molecule has 0 radical (unpaired) electrons. The predicted molar refractivity (Wildman–Crippen MR) is 69.0 cm³/mol. The van der Waals surface area contributed by atoms with Gasteiger partial charge in [-0.15, -0.1) is 0 Å². The van der Waals surface area contributed by atoms with Crippen molar-refractivity contribution in [2.24, 2.45) is 0 Å². The number of fused-ring (bicyclic) bond motifs is 1. The highest BCUT2D eigenvalue weighted by Gasteiger charge is 2.50. The Balaban J connectivity index is 2.47. The fourth-order valence-corrected chi connectivity index (χ4v) is 2.66. The van der Waals surface area contributed by atoms with Gasteiger partial charge in [0.25, 0.3) is 0 Å². The van der Waals surface area contributed by atoms with E-state index >= 15 is 0 Å². The maximum Gasteiger partial charge on any atom is 0.534 e. The number of alkyl halides is 3. The molecule has 0 aromatic carbocycles. The van der Waals surface area contributed by atoms with Gasteiger partial charge in [-0.3, -0.25) is 4.79 Å². The number of esters is 1. The van der Waals surface area contributed by atoms with E-state index in [1.54, 1.807) is 0 Å². The highest BCUT2D eigenvalue weighted by atomic mass is 32.2. The molecule has 0 spiro atoms. The van der Waals surface area contributed by atoms with Crippen LogP contribution in [-0.2, 0) is 28.6 Å². The molecule has 0 bridgehead atoms. The largest absolute Gasteiger partial charge is 0.534 e. The van der Waals surface area contributed by atoms with Gasteiger partial charge in [0, 0.05) is 19.5 Å². The summed E-state index contributed by atoms with van der Waals surface area (Å²) in [6.45, 7) is 1.57. The van der Waals surface area contributed by atoms with Crippen LogP contribution in [0.2, 0.25) is 0 Å². The van der Waals surface area contributed by atoms with E-state index in [2.05, 4.69) is 4.18 Å². The van der Waals surface area contributed by atoms with Gasteiger partial charge in [0.05, 0.1) is 12.3 Å². The van der Waals surface area contributed by atoms with Crippen molar-refractivity contribution in [3.8, 4) is 0 Å². The van der Waals surface area contributed by atoms with Crippen LogP contribution < -0.4 is 0 Å². The van der Waals surface area contributed by atoms with Crippen molar-refractivity contribution in [3.05, 3.63) is 23.1 Å². The number of halogens is 3. The molecule has 0 N–H and O–H groups in total. The third kappa shape index (κ3) is 3.19. The quantitative estimate of drug-likeness (QED) is 0.419. The fourth-order valence-electron chi connectivity index (χ4n) is 2.18. The van der Waals surface area contributed by atoms with E-state index in [0.717, 1.165) is 6.08 Å². The molecule has 11 heteroatoms. The van der Waals surface area contributed by atoms with Crippen molar-refractivity contribution in [1.82, 2.24) is 4.90 Å². The molecular formula is C12H12F3NO6S. The van der Waals surface area contributed by atoms with Gasteiger partial charge in [-0.2, -0.15) is 21.6 Å². The number of hydrogen-bond acceptors (Lipinski definition) is 7. The van der Waals surface area contributed by atoms with Crippen molar-refractivity contribution >= 4 is 21.9 Å². The summed E-state index contributed by atoms with van der Waals surface area (Å²) in [5, 5.41) is 0. The second-order valence-electron chi connectivity index (χ2n) is 4.61. The number of rotatable bonds is 4. The normalized spacial score (nSPS) is 18.7. The number of allylic oxidation sites excluding steroid dienone is 1. The smallest absolute Gasteiger partial charge is 0.462 e. The number of hydrogen-bond donors (Lipinski definition) is 0. The van der Waals surface area contributed by atoms with E-state index in [9.17, 15) is 31.2 Å². The molecule has 1 fully saturated rings. The van der Waals surface area contributed by atoms with E-state index in [-0.39, 0.29) is 31.8 Å². The number of carbonyl (C=O) groups is 2. The third-order valence-corrected chi connectivity index (χ3v) is 4.10. The van der Waals surface area contributed by atoms with Crippen LogP contribution in [0.1, 0.15) is 13.3 Å². The molecular weight excluding hydrogens is 343 g/mol. The van der Waals surface area contributed by atoms with E-state index in [1.807, 2.05) is 0 Å². The van der Waals surface area contributed by atoms with Crippen LogP contribution in [0, 0.1) is 0 Å². The lowest BCUT2D eigenvalue weighted by atomic mass is 10.1. The van der Waals surface area contributed by atoms with Crippen LogP contribution in [0.3, 0.4) is 0 Å². The zero-order valence-electron chi connectivity index (χ0n) is 11.8. The van der Waals surface area contributed by atoms with Crippen LogP contribution in [0.4, 0.5) is 13.2 Å². The van der Waals surface area contributed by atoms with Crippen molar-refractivity contribution in [2.75, 3.05) is 19.7 Å².